The molecule has 1 aromatic rings. The first-order valence-corrected chi connectivity index (χ1v) is 9.05. The molecule has 0 bridgehead atoms. The summed E-state index contributed by atoms with van der Waals surface area (Å²) in [6, 6.07) is 9.72. The normalized spacial score (nSPS) is 24.2. The van der Waals surface area contributed by atoms with Gasteiger partial charge in [-0.05, 0) is 37.5 Å². The standard InChI is InChI=1S/C19H26N4O2/c1-2-21-19(22-13-16-7-5-15(12-20)6-8-16)23-9-11-25-18(14-23)17-4-3-10-24-17/h5-8,17-18H,2-4,9-11,13-14H2,1H3,(H,21,22). The molecule has 1 N–H and O–H groups in total. The first-order valence-electron chi connectivity index (χ1n) is 9.05. The lowest BCUT2D eigenvalue weighted by molar-refractivity contribution is -0.0817. The Morgan fingerprint density at radius 1 is 1.28 bits per heavy atom. The molecular weight excluding hydrogens is 316 g/mol. The highest BCUT2D eigenvalue weighted by Gasteiger charge is 2.32. The first kappa shape index (κ1) is 17.7. The molecule has 2 aliphatic rings. The van der Waals surface area contributed by atoms with Gasteiger partial charge in [0, 0.05) is 26.2 Å². The summed E-state index contributed by atoms with van der Waals surface area (Å²) >= 11 is 0. The quantitative estimate of drug-likeness (QED) is 0.668. The molecule has 2 heterocycles. The van der Waals surface area contributed by atoms with E-state index in [9.17, 15) is 0 Å². The fraction of sp³-hybridized carbons (Fsp3) is 0.579. The van der Waals surface area contributed by atoms with Crippen molar-refractivity contribution in [3.8, 4) is 6.07 Å². The summed E-state index contributed by atoms with van der Waals surface area (Å²) in [6.07, 6.45) is 2.54. The largest absolute Gasteiger partial charge is 0.375 e. The smallest absolute Gasteiger partial charge is 0.194 e. The highest BCUT2D eigenvalue weighted by molar-refractivity contribution is 5.80. The minimum absolute atomic E-state index is 0.120. The van der Waals surface area contributed by atoms with Crippen molar-refractivity contribution in [2.75, 3.05) is 32.8 Å². The number of hydrogen-bond donors (Lipinski definition) is 1. The highest BCUT2D eigenvalue weighted by atomic mass is 16.5. The average Bonchev–Trinajstić information content (AvgIpc) is 3.20. The summed E-state index contributed by atoms with van der Waals surface area (Å²) in [4.78, 5) is 7.04. The van der Waals surface area contributed by atoms with Crippen molar-refractivity contribution in [1.82, 2.24) is 10.2 Å². The molecule has 25 heavy (non-hydrogen) atoms. The number of benzene rings is 1. The number of morpholine rings is 1. The van der Waals surface area contributed by atoms with E-state index >= 15 is 0 Å². The third kappa shape index (κ3) is 4.71. The molecule has 6 heteroatoms. The van der Waals surface area contributed by atoms with Crippen LogP contribution in [0, 0.1) is 11.3 Å². The third-order valence-corrected chi connectivity index (χ3v) is 4.60. The molecule has 134 valence electrons. The minimum atomic E-state index is 0.120. The number of nitriles is 1. The van der Waals surface area contributed by atoms with E-state index in [-0.39, 0.29) is 12.2 Å². The van der Waals surface area contributed by atoms with Crippen molar-refractivity contribution >= 4 is 5.96 Å². The Morgan fingerprint density at radius 3 is 2.76 bits per heavy atom. The maximum Gasteiger partial charge on any atom is 0.194 e. The summed E-state index contributed by atoms with van der Waals surface area (Å²) in [7, 11) is 0. The maximum absolute atomic E-state index is 8.89. The van der Waals surface area contributed by atoms with Crippen LogP contribution in [0.5, 0.6) is 0 Å². The molecule has 0 radical (unpaired) electrons. The van der Waals surface area contributed by atoms with Crippen LogP contribution in [0.25, 0.3) is 0 Å². The Morgan fingerprint density at radius 2 is 2.08 bits per heavy atom. The van der Waals surface area contributed by atoms with Gasteiger partial charge in [-0.2, -0.15) is 5.26 Å². The Kier molecular flexibility index (Phi) is 6.26. The second kappa shape index (κ2) is 8.84. The summed E-state index contributed by atoms with van der Waals surface area (Å²) < 4.78 is 11.7. The van der Waals surface area contributed by atoms with E-state index in [1.54, 1.807) is 0 Å². The minimum Gasteiger partial charge on any atom is -0.375 e. The number of hydrogen-bond acceptors (Lipinski definition) is 4. The molecule has 0 aliphatic carbocycles. The van der Waals surface area contributed by atoms with Crippen LogP contribution in [0.2, 0.25) is 0 Å². The number of nitrogens with one attached hydrogen (secondary N) is 1. The van der Waals surface area contributed by atoms with Crippen molar-refractivity contribution in [3.63, 3.8) is 0 Å². The van der Waals surface area contributed by atoms with Crippen LogP contribution in [0.1, 0.15) is 30.9 Å². The molecule has 0 amide bonds. The monoisotopic (exact) mass is 342 g/mol. The van der Waals surface area contributed by atoms with Gasteiger partial charge in [-0.3, -0.25) is 0 Å². The molecule has 2 unspecified atom stereocenters. The Balaban J connectivity index is 1.65. The molecule has 2 atom stereocenters. The van der Waals surface area contributed by atoms with Crippen molar-refractivity contribution < 1.29 is 9.47 Å². The molecule has 2 fully saturated rings. The number of guanidine groups is 1. The lowest BCUT2D eigenvalue weighted by Gasteiger charge is -2.37. The Bertz CT molecular complexity index is 617. The zero-order chi connectivity index (χ0) is 17.5. The Hall–Kier alpha value is -2.10. The number of aliphatic imine (C=N–C) groups is 1. The fourth-order valence-electron chi connectivity index (χ4n) is 3.27. The van der Waals surface area contributed by atoms with Gasteiger partial charge in [0.15, 0.2) is 5.96 Å². The zero-order valence-corrected chi connectivity index (χ0v) is 14.8. The van der Waals surface area contributed by atoms with Gasteiger partial charge in [-0.1, -0.05) is 12.1 Å². The van der Waals surface area contributed by atoms with Gasteiger partial charge in [-0.15, -0.1) is 0 Å². The van der Waals surface area contributed by atoms with Gasteiger partial charge in [-0.25, -0.2) is 4.99 Å². The van der Waals surface area contributed by atoms with Crippen molar-refractivity contribution in [3.05, 3.63) is 35.4 Å². The van der Waals surface area contributed by atoms with Crippen molar-refractivity contribution in [2.24, 2.45) is 4.99 Å². The number of ether oxygens (including phenoxy) is 2. The van der Waals surface area contributed by atoms with Gasteiger partial charge in [0.2, 0.25) is 0 Å². The Labute approximate surface area is 149 Å². The van der Waals surface area contributed by atoms with Gasteiger partial charge < -0.3 is 19.7 Å². The molecule has 0 aromatic heterocycles. The van der Waals surface area contributed by atoms with Crippen LogP contribution in [-0.2, 0) is 16.0 Å². The van der Waals surface area contributed by atoms with Crippen LogP contribution in [0.15, 0.2) is 29.3 Å². The number of rotatable bonds is 4. The molecule has 1 aromatic carbocycles. The van der Waals surface area contributed by atoms with Crippen LogP contribution in [0.3, 0.4) is 0 Å². The predicted molar refractivity (Wildman–Crippen MR) is 96.3 cm³/mol. The molecule has 3 rings (SSSR count). The third-order valence-electron chi connectivity index (χ3n) is 4.60. The van der Waals surface area contributed by atoms with Crippen molar-refractivity contribution in [2.45, 2.75) is 38.5 Å². The topological polar surface area (TPSA) is 69.9 Å². The molecule has 2 aliphatic heterocycles. The molecule has 0 saturated carbocycles. The van der Waals surface area contributed by atoms with Crippen LogP contribution in [-0.4, -0.2) is 55.9 Å². The molecule has 2 saturated heterocycles. The number of nitrogens with zero attached hydrogens (tertiary/aromatic N) is 3. The predicted octanol–water partition coefficient (Wildman–Crippen LogP) is 1.90. The molecule has 6 nitrogen and oxygen atoms in total. The van der Waals surface area contributed by atoms with Crippen molar-refractivity contribution in [1.29, 1.82) is 5.26 Å². The van der Waals surface area contributed by atoms with E-state index in [1.807, 2.05) is 24.3 Å². The summed E-state index contributed by atoms with van der Waals surface area (Å²) in [5.41, 5.74) is 1.77. The zero-order valence-electron chi connectivity index (χ0n) is 14.8. The van der Waals surface area contributed by atoms with E-state index in [4.69, 9.17) is 19.7 Å². The summed E-state index contributed by atoms with van der Waals surface area (Å²) in [5, 5.41) is 12.3. The maximum atomic E-state index is 8.89. The fourth-order valence-corrected chi connectivity index (χ4v) is 3.27. The summed E-state index contributed by atoms with van der Waals surface area (Å²) in [5.74, 6) is 0.915. The van der Waals surface area contributed by atoms with E-state index < -0.39 is 0 Å². The van der Waals surface area contributed by atoms with E-state index in [2.05, 4.69) is 23.2 Å². The first-order chi connectivity index (χ1) is 12.3. The van der Waals surface area contributed by atoms with Crippen LogP contribution < -0.4 is 5.32 Å². The highest BCUT2D eigenvalue weighted by Crippen LogP contribution is 2.21. The van der Waals surface area contributed by atoms with Gasteiger partial charge in [0.1, 0.15) is 6.10 Å². The molecular formula is C19H26N4O2. The lowest BCUT2D eigenvalue weighted by atomic mass is 10.1. The van der Waals surface area contributed by atoms with Crippen LogP contribution in [0.4, 0.5) is 0 Å². The van der Waals surface area contributed by atoms with Gasteiger partial charge in [0.25, 0.3) is 0 Å². The van der Waals surface area contributed by atoms with Gasteiger partial charge in [0.05, 0.1) is 30.9 Å². The SMILES string of the molecule is CCNC(=NCc1ccc(C#N)cc1)N1CCOC(C2CCCO2)C1. The van der Waals surface area contributed by atoms with E-state index in [1.165, 1.54) is 0 Å². The van der Waals surface area contributed by atoms with Crippen LogP contribution >= 0.6 is 0 Å². The van der Waals surface area contributed by atoms with E-state index in [0.717, 1.165) is 50.6 Å². The second-order valence-corrected chi connectivity index (χ2v) is 6.39. The second-order valence-electron chi connectivity index (χ2n) is 6.39. The molecule has 0 spiro atoms. The van der Waals surface area contributed by atoms with Gasteiger partial charge >= 0.3 is 0 Å². The van der Waals surface area contributed by atoms with E-state index in [0.29, 0.717) is 18.7 Å². The summed E-state index contributed by atoms with van der Waals surface area (Å²) in [6.45, 7) is 6.69. The lowest BCUT2D eigenvalue weighted by Crippen LogP contribution is -2.53. The average molecular weight is 342 g/mol.